The maximum Gasteiger partial charge on any atom is 0.261 e. The Balaban J connectivity index is 1.48. The van der Waals surface area contributed by atoms with Crippen LogP contribution in [0.1, 0.15) is 21.5 Å². The minimum Gasteiger partial charge on any atom is -0.472 e. The molecule has 1 aromatic heterocycles. The van der Waals surface area contributed by atoms with Crippen LogP contribution in [0, 0.1) is 0 Å². The van der Waals surface area contributed by atoms with Crippen LogP contribution < -0.4 is 10.2 Å². The van der Waals surface area contributed by atoms with Gasteiger partial charge in [0.05, 0.1) is 18.2 Å². The van der Waals surface area contributed by atoms with Crippen LogP contribution in [-0.2, 0) is 17.6 Å². The minimum absolute atomic E-state index is 0.0840. The van der Waals surface area contributed by atoms with Crippen molar-refractivity contribution in [3.05, 3.63) is 81.7 Å². The number of carbonyl (C=O) groups is 2. The van der Waals surface area contributed by atoms with Crippen molar-refractivity contribution in [2.75, 3.05) is 16.8 Å². The van der Waals surface area contributed by atoms with Gasteiger partial charge >= 0.3 is 0 Å². The molecule has 0 saturated carbocycles. The average molecular weight is 415 g/mol. The van der Waals surface area contributed by atoms with E-state index in [0.717, 1.165) is 17.7 Å². The summed E-state index contributed by atoms with van der Waals surface area (Å²) in [5.41, 5.74) is 3.64. The zero-order valence-corrected chi connectivity index (χ0v) is 16.3. The Morgan fingerprint density at radius 3 is 2.61 bits per heavy atom. The van der Waals surface area contributed by atoms with Gasteiger partial charge in [-0.1, -0.05) is 29.3 Å². The maximum absolute atomic E-state index is 12.6. The molecule has 0 bridgehead atoms. The maximum atomic E-state index is 12.6. The fourth-order valence-electron chi connectivity index (χ4n) is 3.30. The van der Waals surface area contributed by atoms with Gasteiger partial charge in [-0.2, -0.15) is 0 Å². The first-order valence-electron chi connectivity index (χ1n) is 8.72. The molecule has 0 fully saturated rings. The standard InChI is InChI=1S/C21H16Cl2N2O3/c22-17-2-1-3-18(23)16(17)11-20(26)24-15-4-5-19-13(10-15)6-8-25(19)21(27)14-7-9-28-12-14/h1-5,7,9-10,12H,6,8,11H2,(H,24,26). The molecule has 1 N–H and O–H groups in total. The van der Waals surface area contributed by atoms with E-state index in [1.54, 1.807) is 35.2 Å². The van der Waals surface area contributed by atoms with E-state index in [9.17, 15) is 9.59 Å². The Bertz CT molecular complexity index is 1030. The lowest BCUT2D eigenvalue weighted by molar-refractivity contribution is -0.115. The van der Waals surface area contributed by atoms with E-state index in [2.05, 4.69) is 5.32 Å². The molecular formula is C21H16Cl2N2O3. The van der Waals surface area contributed by atoms with Crippen molar-refractivity contribution in [3.8, 4) is 0 Å². The number of anilines is 2. The molecule has 1 aliphatic heterocycles. The van der Waals surface area contributed by atoms with E-state index in [4.69, 9.17) is 27.6 Å². The topological polar surface area (TPSA) is 62.6 Å². The highest BCUT2D eigenvalue weighted by atomic mass is 35.5. The van der Waals surface area contributed by atoms with Gasteiger partial charge in [0.15, 0.2) is 0 Å². The second kappa shape index (κ2) is 7.70. The van der Waals surface area contributed by atoms with Crippen molar-refractivity contribution in [2.24, 2.45) is 0 Å². The summed E-state index contributed by atoms with van der Waals surface area (Å²) < 4.78 is 5.00. The molecule has 142 valence electrons. The lowest BCUT2D eigenvalue weighted by atomic mass is 10.1. The number of nitrogens with zero attached hydrogens (tertiary/aromatic N) is 1. The third-order valence-corrected chi connectivity index (χ3v) is 5.38. The molecule has 2 heterocycles. The van der Waals surface area contributed by atoms with Gasteiger partial charge in [-0.3, -0.25) is 9.59 Å². The second-order valence-electron chi connectivity index (χ2n) is 6.49. The number of rotatable bonds is 4. The summed E-state index contributed by atoms with van der Waals surface area (Å²) in [6.07, 6.45) is 3.72. The van der Waals surface area contributed by atoms with Crippen LogP contribution >= 0.6 is 23.2 Å². The first-order valence-corrected chi connectivity index (χ1v) is 9.48. The summed E-state index contributed by atoms with van der Waals surface area (Å²) in [6.45, 7) is 0.589. The van der Waals surface area contributed by atoms with E-state index in [1.807, 2.05) is 12.1 Å². The van der Waals surface area contributed by atoms with Gasteiger partial charge < -0.3 is 14.6 Å². The summed E-state index contributed by atoms with van der Waals surface area (Å²) in [7, 11) is 0. The van der Waals surface area contributed by atoms with Gasteiger partial charge in [0.1, 0.15) is 6.26 Å². The van der Waals surface area contributed by atoms with Crippen molar-refractivity contribution < 1.29 is 14.0 Å². The summed E-state index contributed by atoms with van der Waals surface area (Å²) in [6, 6.07) is 12.3. The quantitative estimate of drug-likeness (QED) is 0.655. The van der Waals surface area contributed by atoms with Gasteiger partial charge in [-0.05, 0) is 53.9 Å². The van der Waals surface area contributed by atoms with Gasteiger partial charge in [-0.25, -0.2) is 0 Å². The van der Waals surface area contributed by atoms with Crippen LogP contribution in [0.15, 0.2) is 59.4 Å². The molecule has 0 atom stereocenters. The van der Waals surface area contributed by atoms with Crippen LogP contribution in [0.25, 0.3) is 0 Å². The molecule has 7 heteroatoms. The lowest BCUT2D eigenvalue weighted by Gasteiger charge is -2.16. The number of nitrogens with one attached hydrogen (secondary N) is 1. The molecule has 4 rings (SSSR count). The normalized spacial score (nSPS) is 12.7. The Morgan fingerprint density at radius 1 is 1.11 bits per heavy atom. The van der Waals surface area contributed by atoms with Crippen molar-refractivity contribution in [1.82, 2.24) is 0 Å². The fourth-order valence-corrected chi connectivity index (χ4v) is 3.83. The molecule has 0 unspecified atom stereocenters. The van der Waals surface area contributed by atoms with E-state index >= 15 is 0 Å². The monoisotopic (exact) mass is 414 g/mol. The van der Waals surface area contributed by atoms with Crippen molar-refractivity contribution in [3.63, 3.8) is 0 Å². The summed E-state index contributed by atoms with van der Waals surface area (Å²) in [4.78, 5) is 26.7. The third kappa shape index (κ3) is 3.63. The fraction of sp³-hybridized carbons (Fsp3) is 0.143. The van der Waals surface area contributed by atoms with Gasteiger partial charge in [-0.15, -0.1) is 0 Å². The molecule has 2 amide bonds. The number of halogens is 2. The first kappa shape index (κ1) is 18.6. The van der Waals surface area contributed by atoms with E-state index in [0.29, 0.717) is 33.4 Å². The molecule has 0 spiro atoms. The molecule has 2 aromatic carbocycles. The van der Waals surface area contributed by atoms with Crippen LogP contribution in [0.5, 0.6) is 0 Å². The van der Waals surface area contributed by atoms with E-state index < -0.39 is 0 Å². The molecule has 28 heavy (non-hydrogen) atoms. The molecule has 0 aliphatic carbocycles. The Kier molecular flexibility index (Phi) is 5.11. The molecule has 5 nitrogen and oxygen atoms in total. The zero-order chi connectivity index (χ0) is 19.7. The third-order valence-electron chi connectivity index (χ3n) is 4.67. The van der Waals surface area contributed by atoms with Crippen LogP contribution in [0.3, 0.4) is 0 Å². The van der Waals surface area contributed by atoms with Crippen molar-refractivity contribution in [2.45, 2.75) is 12.8 Å². The van der Waals surface area contributed by atoms with Crippen molar-refractivity contribution >= 4 is 46.4 Å². The number of fused-ring (bicyclic) bond motifs is 1. The summed E-state index contributed by atoms with van der Waals surface area (Å²) >= 11 is 12.3. The zero-order valence-electron chi connectivity index (χ0n) is 14.7. The lowest BCUT2D eigenvalue weighted by Crippen LogP contribution is -2.28. The largest absolute Gasteiger partial charge is 0.472 e. The molecule has 0 radical (unpaired) electrons. The summed E-state index contributed by atoms with van der Waals surface area (Å²) in [5.74, 6) is -0.308. The number of benzene rings is 2. The van der Waals surface area contributed by atoms with E-state index in [1.165, 1.54) is 12.5 Å². The first-order chi connectivity index (χ1) is 13.5. The molecule has 3 aromatic rings. The highest BCUT2D eigenvalue weighted by Crippen LogP contribution is 2.32. The van der Waals surface area contributed by atoms with Gasteiger partial charge in [0.2, 0.25) is 5.91 Å². The highest BCUT2D eigenvalue weighted by Gasteiger charge is 2.26. The highest BCUT2D eigenvalue weighted by molar-refractivity contribution is 6.36. The Morgan fingerprint density at radius 2 is 1.89 bits per heavy atom. The SMILES string of the molecule is O=C(Cc1c(Cl)cccc1Cl)Nc1ccc2c(c1)CCN2C(=O)c1ccoc1. The molecule has 1 aliphatic rings. The van der Waals surface area contributed by atoms with E-state index in [-0.39, 0.29) is 18.2 Å². The Hall–Kier alpha value is -2.76. The average Bonchev–Trinajstić information content (AvgIpc) is 3.34. The van der Waals surface area contributed by atoms with Crippen molar-refractivity contribution in [1.29, 1.82) is 0 Å². The second-order valence-corrected chi connectivity index (χ2v) is 7.30. The van der Waals surface area contributed by atoms with Gasteiger partial charge in [0, 0.05) is 28.0 Å². The number of amides is 2. The van der Waals surface area contributed by atoms with Gasteiger partial charge in [0.25, 0.3) is 5.91 Å². The van der Waals surface area contributed by atoms with Crippen LogP contribution in [0.2, 0.25) is 10.0 Å². The number of furan rings is 1. The van der Waals surface area contributed by atoms with Crippen LogP contribution in [0.4, 0.5) is 11.4 Å². The predicted molar refractivity (Wildman–Crippen MR) is 109 cm³/mol. The summed E-state index contributed by atoms with van der Waals surface area (Å²) in [5, 5.41) is 3.80. The molecular weight excluding hydrogens is 399 g/mol. The van der Waals surface area contributed by atoms with Crippen LogP contribution in [-0.4, -0.2) is 18.4 Å². The molecule has 0 saturated heterocycles. The number of hydrogen-bond acceptors (Lipinski definition) is 3. The predicted octanol–water partition coefficient (Wildman–Crippen LogP) is 4.97. The Labute approximate surface area is 171 Å². The number of carbonyl (C=O) groups excluding carboxylic acids is 2. The number of hydrogen-bond donors (Lipinski definition) is 1. The smallest absolute Gasteiger partial charge is 0.261 e. The minimum atomic E-state index is -0.209.